The molecular weight excluding hydrogens is 711 g/mol. The number of pyridine rings is 1. The number of benzene rings is 7. The molecule has 272 valence electrons. The van der Waals surface area contributed by atoms with Crippen LogP contribution in [0, 0.1) is 0 Å². The van der Waals surface area contributed by atoms with E-state index < -0.39 is 0 Å². The molecule has 0 saturated heterocycles. The monoisotopic (exact) mass is 743 g/mol. The van der Waals surface area contributed by atoms with E-state index in [-0.39, 0.29) is 0 Å². The largest absolute Gasteiger partial charge is 0.456 e. The summed E-state index contributed by atoms with van der Waals surface area (Å²) in [6.07, 6.45) is 8.06. The molecule has 5 heteroatoms. The third kappa shape index (κ3) is 6.03. The van der Waals surface area contributed by atoms with Gasteiger partial charge in [0.25, 0.3) is 0 Å². The molecule has 1 aliphatic heterocycles. The van der Waals surface area contributed by atoms with Crippen LogP contribution in [0.1, 0.15) is 11.1 Å². The number of aromatic nitrogens is 3. The van der Waals surface area contributed by atoms with E-state index in [1.54, 1.807) is 6.20 Å². The average Bonchev–Trinajstić information content (AvgIpc) is 3.65. The maximum atomic E-state index is 7.06. The predicted molar refractivity (Wildman–Crippen MR) is 235 cm³/mol. The molecule has 0 amide bonds. The second kappa shape index (κ2) is 14.0. The highest BCUT2D eigenvalue weighted by atomic mass is 16.5. The Hall–Kier alpha value is -7.89. The Kier molecular flexibility index (Phi) is 8.07. The van der Waals surface area contributed by atoms with Crippen LogP contribution in [-0.4, -0.2) is 15.0 Å². The molecule has 10 aromatic rings. The Morgan fingerprint density at radius 1 is 0.379 bits per heavy atom. The molecule has 0 atom stereocenters. The minimum Gasteiger partial charge on any atom is -0.456 e. The van der Waals surface area contributed by atoms with Crippen LogP contribution < -0.4 is 4.74 Å². The summed E-state index contributed by atoms with van der Waals surface area (Å²) in [6.45, 7) is 0. The molecule has 4 heterocycles. The molecule has 0 aliphatic carbocycles. The second-order valence-corrected chi connectivity index (χ2v) is 14.4. The normalized spacial score (nSPS) is 12.4. The van der Waals surface area contributed by atoms with E-state index in [1.807, 2.05) is 60.8 Å². The van der Waals surface area contributed by atoms with Crippen LogP contribution in [-0.2, 0) is 0 Å². The SMILES string of the molecule is C1=C\c2ccc(-c3cc(-c4ccc(-c5cccnc5)cc4)nc(-c4ccccc4)n3)cc2-c2cc3oc4ccccc4c3cc2Oc2ccccc2-c2ccccc2/1. The fraction of sp³-hybridized carbons (Fsp3) is 0. The van der Waals surface area contributed by atoms with Crippen LogP contribution in [0.2, 0.25) is 0 Å². The molecule has 1 aliphatic rings. The first kappa shape index (κ1) is 33.4. The van der Waals surface area contributed by atoms with Crippen molar-refractivity contribution in [2.75, 3.05) is 0 Å². The van der Waals surface area contributed by atoms with Gasteiger partial charge in [-0.05, 0) is 75.8 Å². The molecule has 0 radical (unpaired) electrons. The highest BCUT2D eigenvalue weighted by molar-refractivity contribution is 6.07. The molecule has 0 fully saturated rings. The van der Waals surface area contributed by atoms with Gasteiger partial charge in [-0.25, -0.2) is 9.97 Å². The topological polar surface area (TPSA) is 61.0 Å². The van der Waals surface area contributed by atoms with Crippen molar-refractivity contribution < 1.29 is 9.15 Å². The lowest BCUT2D eigenvalue weighted by Crippen LogP contribution is -1.97. The standard InChI is InChI=1S/C53H33N3O2/c1-2-12-38(13-3-1)53-55-47(37-25-20-34(21-26-37)40-14-10-28-54-33-40)32-48(56-53)39-27-24-36-23-22-35-11-4-5-15-41(35)42-16-6-8-18-49(42)57-52-30-45-43-17-7-9-19-50(43)58-51(45)31-46(52)44(36)29-39/h1-33H/b23-22-. The first-order valence-corrected chi connectivity index (χ1v) is 19.3. The minimum absolute atomic E-state index is 0.654. The molecule has 3 aromatic heterocycles. The Bertz CT molecular complexity index is 3190. The van der Waals surface area contributed by atoms with Gasteiger partial charge in [0.2, 0.25) is 0 Å². The Labute approximate surface area is 335 Å². The van der Waals surface area contributed by atoms with Gasteiger partial charge in [-0.1, -0.05) is 146 Å². The van der Waals surface area contributed by atoms with Crippen molar-refractivity contribution >= 4 is 34.1 Å². The number of ether oxygens (including phenoxy) is 1. The van der Waals surface area contributed by atoms with Crippen molar-refractivity contribution in [2.45, 2.75) is 0 Å². The first-order valence-electron chi connectivity index (χ1n) is 19.3. The van der Waals surface area contributed by atoms with E-state index in [4.69, 9.17) is 19.1 Å². The van der Waals surface area contributed by atoms with Crippen molar-refractivity contribution in [1.82, 2.24) is 15.0 Å². The molecule has 0 spiro atoms. The fourth-order valence-electron chi connectivity index (χ4n) is 7.93. The highest BCUT2D eigenvalue weighted by Gasteiger charge is 2.21. The lowest BCUT2D eigenvalue weighted by molar-refractivity contribution is 0.487. The van der Waals surface area contributed by atoms with Crippen LogP contribution in [0.4, 0.5) is 0 Å². The van der Waals surface area contributed by atoms with Gasteiger partial charge in [0.1, 0.15) is 22.7 Å². The van der Waals surface area contributed by atoms with Gasteiger partial charge in [0.05, 0.1) is 11.4 Å². The van der Waals surface area contributed by atoms with Gasteiger partial charge in [-0.2, -0.15) is 0 Å². The zero-order valence-corrected chi connectivity index (χ0v) is 31.2. The maximum absolute atomic E-state index is 7.06. The third-order valence-corrected chi connectivity index (χ3v) is 10.9. The number of nitrogens with zero attached hydrogens (tertiary/aromatic N) is 3. The summed E-state index contributed by atoms with van der Waals surface area (Å²) in [5.41, 5.74) is 14.5. The number of furan rings is 1. The summed E-state index contributed by atoms with van der Waals surface area (Å²) in [4.78, 5) is 14.6. The predicted octanol–water partition coefficient (Wildman–Crippen LogP) is 14.0. The molecule has 0 N–H and O–H groups in total. The lowest BCUT2D eigenvalue weighted by Gasteiger charge is -2.17. The summed E-state index contributed by atoms with van der Waals surface area (Å²) >= 11 is 0. The van der Waals surface area contributed by atoms with Gasteiger partial charge in [0, 0.05) is 51.0 Å². The highest BCUT2D eigenvalue weighted by Crippen LogP contribution is 2.46. The third-order valence-electron chi connectivity index (χ3n) is 10.9. The Balaban J connectivity index is 1.13. The lowest BCUT2D eigenvalue weighted by atomic mass is 9.93. The minimum atomic E-state index is 0.654. The van der Waals surface area contributed by atoms with Gasteiger partial charge >= 0.3 is 0 Å². The van der Waals surface area contributed by atoms with Crippen molar-refractivity contribution in [3.05, 3.63) is 199 Å². The summed E-state index contributed by atoms with van der Waals surface area (Å²) in [6, 6.07) is 60.4. The van der Waals surface area contributed by atoms with Crippen LogP contribution in [0.15, 0.2) is 193 Å². The van der Waals surface area contributed by atoms with Crippen molar-refractivity contribution in [3.63, 3.8) is 0 Å². The van der Waals surface area contributed by atoms with E-state index >= 15 is 0 Å². The number of hydrogen-bond acceptors (Lipinski definition) is 5. The molecule has 11 rings (SSSR count). The van der Waals surface area contributed by atoms with E-state index in [2.05, 4.69) is 138 Å². The number of para-hydroxylation sites is 2. The van der Waals surface area contributed by atoms with Crippen molar-refractivity contribution in [1.29, 1.82) is 0 Å². The van der Waals surface area contributed by atoms with Crippen LogP contribution >= 0.6 is 0 Å². The summed E-state index contributed by atoms with van der Waals surface area (Å²) in [5.74, 6) is 2.17. The first-order chi connectivity index (χ1) is 28.7. The van der Waals surface area contributed by atoms with Gasteiger partial charge in [-0.15, -0.1) is 0 Å². The average molecular weight is 744 g/mol. The van der Waals surface area contributed by atoms with Crippen molar-refractivity contribution in [3.8, 4) is 78.8 Å². The fourth-order valence-corrected chi connectivity index (χ4v) is 7.93. The molecule has 5 nitrogen and oxygen atoms in total. The summed E-state index contributed by atoms with van der Waals surface area (Å²) in [7, 11) is 0. The molecule has 0 bridgehead atoms. The van der Waals surface area contributed by atoms with Gasteiger partial charge < -0.3 is 9.15 Å². The summed E-state index contributed by atoms with van der Waals surface area (Å²) < 4.78 is 13.5. The number of rotatable bonds is 4. The summed E-state index contributed by atoms with van der Waals surface area (Å²) in [5, 5.41) is 2.04. The van der Waals surface area contributed by atoms with Crippen molar-refractivity contribution in [2.24, 2.45) is 0 Å². The Morgan fingerprint density at radius 2 is 1.07 bits per heavy atom. The molecule has 58 heavy (non-hydrogen) atoms. The molecular formula is C53H33N3O2. The van der Waals surface area contributed by atoms with E-state index in [0.29, 0.717) is 5.82 Å². The molecule has 7 aromatic carbocycles. The van der Waals surface area contributed by atoms with E-state index in [0.717, 1.165) is 106 Å². The number of hydrogen-bond donors (Lipinski definition) is 0. The molecule has 0 unspecified atom stereocenters. The zero-order chi connectivity index (χ0) is 38.4. The van der Waals surface area contributed by atoms with E-state index in [9.17, 15) is 0 Å². The van der Waals surface area contributed by atoms with Crippen LogP contribution in [0.25, 0.3) is 101 Å². The zero-order valence-electron chi connectivity index (χ0n) is 31.2. The van der Waals surface area contributed by atoms with Gasteiger partial charge in [-0.3, -0.25) is 4.98 Å². The molecule has 0 saturated carbocycles. The van der Waals surface area contributed by atoms with Crippen LogP contribution in [0.5, 0.6) is 11.5 Å². The smallest absolute Gasteiger partial charge is 0.160 e. The van der Waals surface area contributed by atoms with E-state index in [1.165, 1.54) is 0 Å². The Morgan fingerprint density at radius 3 is 1.91 bits per heavy atom. The maximum Gasteiger partial charge on any atom is 0.160 e. The van der Waals surface area contributed by atoms with Gasteiger partial charge in [0.15, 0.2) is 5.82 Å². The number of fused-ring (bicyclic) bond motifs is 9. The van der Waals surface area contributed by atoms with Crippen LogP contribution in [0.3, 0.4) is 0 Å². The second-order valence-electron chi connectivity index (χ2n) is 14.4. The quantitative estimate of drug-likeness (QED) is 0.180.